The maximum Gasteiger partial charge on any atom is 0.230 e. The van der Waals surface area contributed by atoms with Crippen LogP contribution in [0.1, 0.15) is 25.0 Å². The molecular formula is C16H18N2O. The first-order valence-electron chi connectivity index (χ1n) is 6.78. The van der Waals surface area contributed by atoms with Gasteiger partial charge in [0.05, 0.1) is 5.52 Å². The fourth-order valence-corrected chi connectivity index (χ4v) is 2.61. The molecule has 1 aromatic heterocycles. The molecule has 3 nitrogen and oxygen atoms in total. The van der Waals surface area contributed by atoms with Crippen molar-refractivity contribution < 1.29 is 4.79 Å². The van der Waals surface area contributed by atoms with E-state index in [0.29, 0.717) is 0 Å². The van der Waals surface area contributed by atoms with Crippen LogP contribution in [0, 0.1) is 12.8 Å². The summed E-state index contributed by atoms with van der Waals surface area (Å²) in [7, 11) is 0. The van der Waals surface area contributed by atoms with Gasteiger partial charge < -0.3 is 0 Å². The van der Waals surface area contributed by atoms with Crippen molar-refractivity contribution in [3.63, 3.8) is 0 Å². The van der Waals surface area contributed by atoms with Gasteiger partial charge in [-0.15, -0.1) is 0 Å². The van der Waals surface area contributed by atoms with Crippen molar-refractivity contribution in [2.24, 2.45) is 5.92 Å². The van der Waals surface area contributed by atoms with E-state index < -0.39 is 0 Å². The van der Waals surface area contributed by atoms with Gasteiger partial charge >= 0.3 is 0 Å². The van der Waals surface area contributed by atoms with Crippen LogP contribution in [0.3, 0.4) is 0 Å². The summed E-state index contributed by atoms with van der Waals surface area (Å²) in [5.41, 5.74) is 3.39. The summed E-state index contributed by atoms with van der Waals surface area (Å²) >= 11 is 0. The lowest BCUT2D eigenvalue weighted by Crippen LogP contribution is -2.33. The van der Waals surface area contributed by atoms with Crippen molar-refractivity contribution in [2.75, 3.05) is 11.4 Å². The molecule has 1 aliphatic heterocycles. The fraction of sp³-hybridized carbons (Fsp3) is 0.375. The Labute approximate surface area is 113 Å². The number of nitrogens with zero attached hydrogens (tertiary/aromatic N) is 2. The number of anilines is 1. The third kappa shape index (κ3) is 1.99. The zero-order chi connectivity index (χ0) is 13.6. The molecule has 1 amide bonds. The fourth-order valence-electron chi connectivity index (χ4n) is 2.61. The Morgan fingerprint density at radius 1 is 1.32 bits per heavy atom. The zero-order valence-electron chi connectivity index (χ0n) is 11.6. The smallest absolute Gasteiger partial charge is 0.230 e. The zero-order valence-corrected chi connectivity index (χ0v) is 11.6. The normalized spacial score (nSPS) is 14.2. The van der Waals surface area contributed by atoms with E-state index in [4.69, 9.17) is 0 Å². The molecule has 0 unspecified atom stereocenters. The third-order valence-corrected chi connectivity index (χ3v) is 3.65. The number of amides is 1. The number of carbonyl (C=O) groups is 1. The second-order valence-electron chi connectivity index (χ2n) is 5.56. The predicted molar refractivity (Wildman–Crippen MR) is 77.4 cm³/mol. The molecular weight excluding hydrogens is 236 g/mol. The third-order valence-electron chi connectivity index (χ3n) is 3.65. The minimum atomic E-state index is 0.0152. The van der Waals surface area contributed by atoms with Gasteiger partial charge in [0, 0.05) is 17.8 Å². The Balaban J connectivity index is 2.11. The summed E-state index contributed by atoms with van der Waals surface area (Å²) in [6.07, 6.45) is 0.907. The minimum Gasteiger partial charge on any atom is -0.296 e. The first-order valence-corrected chi connectivity index (χ1v) is 6.78. The average Bonchev–Trinajstić information content (AvgIpc) is 2.77. The highest BCUT2D eigenvalue weighted by Gasteiger charge is 2.27. The molecule has 19 heavy (non-hydrogen) atoms. The summed E-state index contributed by atoms with van der Waals surface area (Å²) in [5, 5.41) is 1.16. The quantitative estimate of drug-likeness (QED) is 0.783. The summed E-state index contributed by atoms with van der Waals surface area (Å²) in [6, 6.07) is 8.42. The highest BCUT2D eigenvalue weighted by molar-refractivity contribution is 5.97. The van der Waals surface area contributed by atoms with Crippen LogP contribution in [0.25, 0.3) is 10.9 Å². The van der Waals surface area contributed by atoms with Crippen LogP contribution in [0.15, 0.2) is 24.3 Å². The van der Waals surface area contributed by atoms with E-state index in [-0.39, 0.29) is 11.8 Å². The molecule has 0 spiro atoms. The van der Waals surface area contributed by atoms with Gasteiger partial charge in [0.2, 0.25) is 5.91 Å². The minimum absolute atomic E-state index is 0.0152. The Kier molecular flexibility index (Phi) is 2.77. The van der Waals surface area contributed by atoms with E-state index >= 15 is 0 Å². The van der Waals surface area contributed by atoms with E-state index in [0.717, 1.165) is 29.7 Å². The molecule has 3 rings (SSSR count). The Morgan fingerprint density at radius 2 is 2.11 bits per heavy atom. The van der Waals surface area contributed by atoms with E-state index in [1.54, 1.807) is 0 Å². The maximum atomic E-state index is 12.2. The summed E-state index contributed by atoms with van der Waals surface area (Å²) < 4.78 is 0. The number of benzene rings is 1. The number of carbonyl (C=O) groups excluding carboxylic acids is 1. The van der Waals surface area contributed by atoms with Crippen molar-refractivity contribution >= 4 is 22.6 Å². The SMILES string of the molecule is Cc1ccc2nc3c(cc2c1)CCN3C(=O)C(C)C. The predicted octanol–water partition coefficient (Wildman–Crippen LogP) is 3.09. The van der Waals surface area contributed by atoms with Crippen LogP contribution >= 0.6 is 0 Å². The van der Waals surface area contributed by atoms with Crippen molar-refractivity contribution in [3.05, 3.63) is 35.4 Å². The van der Waals surface area contributed by atoms with E-state index in [2.05, 4.69) is 30.1 Å². The maximum absolute atomic E-state index is 12.2. The van der Waals surface area contributed by atoms with Crippen molar-refractivity contribution in [1.82, 2.24) is 4.98 Å². The molecule has 0 aliphatic carbocycles. The largest absolute Gasteiger partial charge is 0.296 e. The number of aryl methyl sites for hydroxylation is 1. The van der Waals surface area contributed by atoms with Gasteiger partial charge in [-0.05, 0) is 37.1 Å². The molecule has 0 atom stereocenters. The molecule has 0 fully saturated rings. The van der Waals surface area contributed by atoms with Crippen LogP contribution in [-0.4, -0.2) is 17.4 Å². The molecule has 0 bridgehead atoms. The Morgan fingerprint density at radius 3 is 2.84 bits per heavy atom. The van der Waals surface area contributed by atoms with Gasteiger partial charge in [0.15, 0.2) is 0 Å². The number of fused-ring (bicyclic) bond motifs is 2. The highest BCUT2D eigenvalue weighted by atomic mass is 16.2. The second kappa shape index (κ2) is 4.34. The lowest BCUT2D eigenvalue weighted by Gasteiger charge is -2.18. The summed E-state index contributed by atoms with van der Waals surface area (Å²) in [5.74, 6) is 1.04. The summed E-state index contributed by atoms with van der Waals surface area (Å²) in [6.45, 7) is 6.71. The van der Waals surface area contributed by atoms with Crippen molar-refractivity contribution in [1.29, 1.82) is 0 Å². The molecule has 0 N–H and O–H groups in total. The number of aromatic nitrogens is 1. The molecule has 1 aromatic carbocycles. The van der Waals surface area contributed by atoms with Crippen molar-refractivity contribution in [3.8, 4) is 0 Å². The van der Waals surface area contributed by atoms with Gasteiger partial charge in [0.25, 0.3) is 0 Å². The number of rotatable bonds is 1. The van der Waals surface area contributed by atoms with Crippen LogP contribution < -0.4 is 4.90 Å². The first kappa shape index (κ1) is 12.2. The lowest BCUT2D eigenvalue weighted by molar-refractivity contribution is -0.121. The molecule has 1 aliphatic rings. The number of hydrogen-bond donors (Lipinski definition) is 0. The van der Waals surface area contributed by atoms with Crippen LogP contribution in [0.5, 0.6) is 0 Å². The van der Waals surface area contributed by atoms with Crippen LogP contribution in [-0.2, 0) is 11.2 Å². The topological polar surface area (TPSA) is 33.2 Å². The number of hydrogen-bond acceptors (Lipinski definition) is 2. The highest BCUT2D eigenvalue weighted by Crippen LogP contribution is 2.30. The first-order chi connectivity index (χ1) is 9.06. The summed E-state index contributed by atoms with van der Waals surface area (Å²) in [4.78, 5) is 18.7. The molecule has 3 heteroatoms. The molecule has 0 saturated heterocycles. The van der Waals surface area contributed by atoms with Gasteiger partial charge in [0.1, 0.15) is 5.82 Å². The lowest BCUT2D eigenvalue weighted by atomic mass is 10.1. The number of pyridine rings is 1. The average molecular weight is 254 g/mol. The van der Waals surface area contributed by atoms with Gasteiger partial charge in [-0.2, -0.15) is 0 Å². The van der Waals surface area contributed by atoms with E-state index in [9.17, 15) is 4.79 Å². The molecule has 2 aromatic rings. The molecule has 0 radical (unpaired) electrons. The van der Waals surface area contributed by atoms with Gasteiger partial charge in [-0.3, -0.25) is 9.69 Å². The van der Waals surface area contributed by atoms with Gasteiger partial charge in [-0.1, -0.05) is 25.5 Å². The van der Waals surface area contributed by atoms with Crippen LogP contribution in [0.2, 0.25) is 0 Å². The van der Waals surface area contributed by atoms with E-state index in [1.165, 1.54) is 11.1 Å². The van der Waals surface area contributed by atoms with E-state index in [1.807, 2.05) is 24.8 Å². The molecule has 0 saturated carbocycles. The second-order valence-corrected chi connectivity index (χ2v) is 5.56. The monoisotopic (exact) mass is 254 g/mol. The molecule has 98 valence electrons. The Hall–Kier alpha value is -1.90. The van der Waals surface area contributed by atoms with Crippen molar-refractivity contribution in [2.45, 2.75) is 27.2 Å². The standard InChI is InChI=1S/C16H18N2O/c1-10(2)16(19)18-7-6-12-9-13-8-11(3)4-5-14(13)17-15(12)18/h4-5,8-10H,6-7H2,1-3H3. The van der Waals surface area contributed by atoms with Gasteiger partial charge in [-0.25, -0.2) is 4.98 Å². The molecule has 2 heterocycles. The van der Waals surface area contributed by atoms with Crippen LogP contribution in [0.4, 0.5) is 5.82 Å². The Bertz CT molecular complexity index is 661.